The molecule has 2 heterocycles. The maximum atomic E-state index is 14.0. The Balaban J connectivity index is 2.07. The van der Waals surface area contributed by atoms with Gasteiger partial charge in [0.25, 0.3) is 5.91 Å². The highest BCUT2D eigenvalue weighted by atomic mass is 19.1. The minimum atomic E-state index is -0.666. The molecule has 0 unspecified atom stereocenters. The first-order valence-corrected chi connectivity index (χ1v) is 6.13. The second-order valence-electron chi connectivity index (χ2n) is 4.07. The summed E-state index contributed by atoms with van der Waals surface area (Å²) in [6.45, 7) is 2.48. The van der Waals surface area contributed by atoms with Crippen molar-refractivity contribution in [3.05, 3.63) is 35.8 Å². The van der Waals surface area contributed by atoms with Crippen LogP contribution in [0.1, 0.15) is 23.1 Å². The van der Waals surface area contributed by atoms with Gasteiger partial charge in [0.15, 0.2) is 17.5 Å². The number of carbonyl (C=O) groups excluding carboxylic acids is 1. The quantitative estimate of drug-likeness (QED) is 0.841. The van der Waals surface area contributed by atoms with Crippen LogP contribution in [-0.2, 0) is 13.6 Å². The third-order valence-electron chi connectivity index (χ3n) is 2.53. The topological polar surface area (TPSA) is 84.7 Å². The summed E-state index contributed by atoms with van der Waals surface area (Å²) >= 11 is 0. The van der Waals surface area contributed by atoms with Crippen molar-refractivity contribution in [3.8, 4) is 0 Å². The number of aromatic nitrogens is 4. The first-order chi connectivity index (χ1) is 9.61. The van der Waals surface area contributed by atoms with Crippen LogP contribution in [0.4, 0.5) is 10.2 Å². The molecule has 2 N–H and O–H groups in total. The molecule has 20 heavy (non-hydrogen) atoms. The number of halogens is 1. The molecular formula is C12H15FN6O. The van der Waals surface area contributed by atoms with E-state index < -0.39 is 11.7 Å². The van der Waals surface area contributed by atoms with Crippen molar-refractivity contribution in [1.29, 1.82) is 0 Å². The van der Waals surface area contributed by atoms with Crippen LogP contribution >= 0.6 is 0 Å². The molecule has 0 aromatic carbocycles. The van der Waals surface area contributed by atoms with Gasteiger partial charge in [-0.15, -0.1) is 0 Å². The number of amides is 1. The lowest BCUT2D eigenvalue weighted by molar-refractivity contribution is 0.0945. The van der Waals surface area contributed by atoms with Crippen LogP contribution in [0.15, 0.2) is 18.6 Å². The summed E-state index contributed by atoms with van der Waals surface area (Å²) in [5, 5.41) is 9.34. The first-order valence-electron chi connectivity index (χ1n) is 6.13. The lowest BCUT2D eigenvalue weighted by Gasteiger charge is -2.08. The minimum absolute atomic E-state index is 0.0631. The Morgan fingerprint density at radius 2 is 2.25 bits per heavy atom. The van der Waals surface area contributed by atoms with Crippen molar-refractivity contribution in [2.75, 3.05) is 11.9 Å². The molecule has 0 aliphatic rings. The monoisotopic (exact) mass is 278 g/mol. The van der Waals surface area contributed by atoms with E-state index in [1.165, 1.54) is 23.3 Å². The Hall–Kier alpha value is -2.51. The molecule has 0 aliphatic carbocycles. The van der Waals surface area contributed by atoms with E-state index in [0.29, 0.717) is 12.4 Å². The van der Waals surface area contributed by atoms with E-state index in [1.54, 1.807) is 7.05 Å². The molecule has 106 valence electrons. The number of pyridine rings is 1. The molecule has 0 atom stereocenters. The van der Waals surface area contributed by atoms with Gasteiger partial charge >= 0.3 is 0 Å². The number of aryl methyl sites for hydroxylation is 1. The maximum absolute atomic E-state index is 14.0. The molecule has 1 amide bonds. The molecule has 2 aromatic rings. The van der Waals surface area contributed by atoms with E-state index in [1.807, 2.05) is 6.92 Å². The van der Waals surface area contributed by atoms with Gasteiger partial charge < -0.3 is 10.6 Å². The fourth-order valence-electron chi connectivity index (χ4n) is 1.63. The number of rotatable bonds is 5. The number of hydrogen-bond donors (Lipinski definition) is 2. The van der Waals surface area contributed by atoms with Crippen LogP contribution in [0.5, 0.6) is 0 Å². The van der Waals surface area contributed by atoms with Crippen molar-refractivity contribution in [3.63, 3.8) is 0 Å². The summed E-state index contributed by atoms with van der Waals surface area (Å²) in [5.74, 6) is -0.671. The van der Waals surface area contributed by atoms with Gasteiger partial charge in [-0.2, -0.15) is 5.10 Å². The second kappa shape index (κ2) is 6.09. The van der Waals surface area contributed by atoms with Crippen molar-refractivity contribution in [2.24, 2.45) is 7.05 Å². The van der Waals surface area contributed by atoms with E-state index in [9.17, 15) is 9.18 Å². The molecule has 0 radical (unpaired) electrons. The molecule has 2 aromatic heterocycles. The minimum Gasteiger partial charge on any atom is -0.368 e. The zero-order valence-corrected chi connectivity index (χ0v) is 11.2. The van der Waals surface area contributed by atoms with Crippen LogP contribution in [0.2, 0.25) is 0 Å². The third-order valence-corrected chi connectivity index (χ3v) is 2.53. The molecule has 0 aliphatic heterocycles. The van der Waals surface area contributed by atoms with Gasteiger partial charge in [-0.05, 0) is 13.0 Å². The largest absolute Gasteiger partial charge is 0.368 e. The summed E-state index contributed by atoms with van der Waals surface area (Å²) in [6, 6.07) is 1.33. The molecule has 8 heteroatoms. The molecule has 2 rings (SSSR count). The number of carbonyl (C=O) groups is 1. The maximum Gasteiger partial charge on any atom is 0.254 e. The average molecular weight is 278 g/mol. The van der Waals surface area contributed by atoms with Gasteiger partial charge in [0.2, 0.25) is 0 Å². The Morgan fingerprint density at radius 3 is 2.90 bits per heavy atom. The normalized spacial score (nSPS) is 10.3. The number of hydrogen-bond acceptors (Lipinski definition) is 5. The van der Waals surface area contributed by atoms with Crippen molar-refractivity contribution in [1.82, 2.24) is 25.1 Å². The predicted molar refractivity (Wildman–Crippen MR) is 70.5 cm³/mol. The number of nitrogens with zero attached hydrogens (tertiary/aromatic N) is 4. The summed E-state index contributed by atoms with van der Waals surface area (Å²) in [6.07, 6.45) is 2.91. The fourth-order valence-corrected chi connectivity index (χ4v) is 1.63. The molecular weight excluding hydrogens is 263 g/mol. The zero-order valence-electron chi connectivity index (χ0n) is 11.2. The summed E-state index contributed by atoms with van der Waals surface area (Å²) in [7, 11) is 1.73. The highest BCUT2D eigenvalue weighted by Crippen LogP contribution is 2.14. The predicted octanol–water partition coefficient (Wildman–Crippen LogP) is 0.711. The van der Waals surface area contributed by atoms with Crippen molar-refractivity contribution in [2.45, 2.75) is 13.5 Å². The molecule has 0 bridgehead atoms. The smallest absolute Gasteiger partial charge is 0.254 e. The van der Waals surface area contributed by atoms with Gasteiger partial charge in [-0.3, -0.25) is 9.48 Å². The van der Waals surface area contributed by atoms with Gasteiger partial charge in [-0.25, -0.2) is 14.4 Å². The van der Waals surface area contributed by atoms with E-state index in [-0.39, 0.29) is 17.9 Å². The molecule has 0 spiro atoms. The van der Waals surface area contributed by atoms with Gasteiger partial charge in [0.05, 0.1) is 12.1 Å². The zero-order chi connectivity index (χ0) is 14.5. The van der Waals surface area contributed by atoms with E-state index >= 15 is 0 Å². The third kappa shape index (κ3) is 3.08. The average Bonchev–Trinajstić information content (AvgIpc) is 2.84. The van der Waals surface area contributed by atoms with Crippen LogP contribution in [-0.4, -0.2) is 32.2 Å². The number of nitrogens with one attached hydrogen (secondary N) is 2. The highest BCUT2D eigenvalue weighted by Gasteiger charge is 2.15. The Morgan fingerprint density at radius 1 is 1.45 bits per heavy atom. The van der Waals surface area contributed by atoms with Crippen LogP contribution in [0, 0.1) is 5.82 Å². The standard InChI is InChI=1S/C12H15FN6O/c1-3-14-11-10(13)8(4-5-15-11)12(20)16-6-9-17-7-19(2)18-9/h4-5,7H,3,6H2,1-2H3,(H,14,15)(H,16,20). The fraction of sp³-hybridized carbons (Fsp3) is 0.333. The van der Waals surface area contributed by atoms with Crippen LogP contribution < -0.4 is 10.6 Å². The lowest BCUT2D eigenvalue weighted by atomic mass is 10.2. The lowest BCUT2D eigenvalue weighted by Crippen LogP contribution is -2.25. The second-order valence-corrected chi connectivity index (χ2v) is 4.07. The first kappa shape index (κ1) is 13.9. The SMILES string of the molecule is CCNc1nccc(C(=O)NCc2ncn(C)n2)c1F. The van der Waals surface area contributed by atoms with E-state index in [2.05, 4.69) is 25.7 Å². The number of anilines is 1. The molecule has 0 fully saturated rings. The van der Waals surface area contributed by atoms with Gasteiger partial charge in [0.1, 0.15) is 6.33 Å². The van der Waals surface area contributed by atoms with Gasteiger partial charge in [-0.1, -0.05) is 0 Å². The van der Waals surface area contributed by atoms with Crippen molar-refractivity contribution >= 4 is 11.7 Å². The van der Waals surface area contributed by atoms with Crippen LogP contribution in [0.3, 0.4) is 0 Å². The summed E-state index contributed by atoms with van der Waals surface area (Å²) in [4.78, 5) is 19.7. The molecule has 7 nitrogen and oxygen atoms in total. The van der Waals surface area contributed by atoms with E-state index in [0.717, 1.165) is 0 Å². The Kier molecular flexibility index (Phi) is 4.24. The summed E-state index contributed by atoms with van der Waals surface area (Å²) in [5.41, 5.74) is -0.0631. The summed E-state index contributed by atoms with van der Waals surface area (Å²) < 4.78 is 15.5. The molecule has 0 saturated heterocycles. The van der Waals surface area contributed by atoms with Crippen LogP contribution in [0.25, 0.3) is 0 Å². The Labute approximate surface area is 115 Å². The molecule has 0 saturated carbocycles. The Bertz CT molecular complexity index is 612. The van der Waals surface area contributed by atoms with Gasteiger partial charge in [0, 0.05) is 19.8 Å². The van der Waals surface area contributed by atoms with E-state index in [4.69, 9.17) is 0 Å². The van der Waals surface area contributed by atoms with Crippen molar-refractivity contribution < 1.29 is 9.18 Å². The highest BCUT2D eigenvalue weighted by molar-refractivity contribution is 5.95.